The Kier molecular flexibility index (Phi) is 4.24. The highest BCUT2D eigenvalue weighted by atomic mass is 16.1. The second kappa shape index (κ2) is 5.46. The van der Waals surface area contributed by atoms with Crippen LogP contribution < -0.4 is 11.1 Å². The summed E-state index contributed by atoms with van der Waals surface area (Å²) in [5.41, 5.74) is 6.39. The summed E-state index contributed by atoms with van der Waals surface area (Å²) in [6.07, 6.45) is 2.06. The SMILES string of the molecule is CC(N)CC(=O)N[C@H](C)c1ccccn1. The van der Waals surface area contributed by atoms with Crippen LogP contribution in [-0.4, -0.2) is 16.9 Å². The first-order chi connectivity index (χ1) is 7.09. The van der Waals surface area contributed by atoms with E-state index in [1.807, 2.05) is 32.0 Å². The number of rotatable bonds is 4. The van der Waals surface area contributed by atoms with Gasteiger partial charge >= 0.3 is 0 Å². The van der Waals surface area contributed by atoms with Crippen molar-refractivity contribution in [2.75, 3.05) is 0 Å². The fourth-order valence-corrected chi connectivity index (χ4v) is 1.30. The van der Waals surface area contributed by atoms with Crippen molar-refractivity contribution in [3.8, 4) is 0 Å². The van der Waals surface area contributed by atoms with Gasteiger partial charge in [0, 0.05) is 18.7 Å². The second-order valence-corrected chi connectivity index (χ2v) is 3.73. The van der Waals surface area contributed by atoms with Crippen LogP contribution in [0, 0.1) is 0 Å². The van der Waals surface area contributed by atoms with Gasteiger partial charge in [0.05, 0.1) is 11.7 Å². The van der Waals surface area contributed by atoms with Gasteiger partial charge in [-0.05, 0) is 26.0 Å². The van der Waals surface area contributed by atoms with Crippen LogP contribution >= 0.6 is 0 Å². The normalized spacial score (nSPS) is 14.3. The fourth-order valence-electron chi connectivity index (χ4n) is 1.30. The van der Waals surface area contributed by atoms with Gasteiger partial charge in [0.15, 0.2) is 0 Å². The lowest BCUT2D eigenvalue weighted by molar-refractivity contribution is -0.122. The van der Waals surface area contributed by atoms with Crippen molar-refractivity contribution in [1.29, 1.82) is 0 Å². The van der Waals surface area contributed by atoms with Crippen molar-refractivity contribution in [3.63, 3.8) is 0 Å². The summed E-state index contributed by atoms with van der Waals surface area (Å²) in [5, 5.41) is 2.85. The molecule has 1 aromatic rings. The molecule has 0 aliphatic heterocycles. The van der Waals surface area contributed by atoms with Gasteiger partial charge < -0.3 is 11.1 Å². The number of aromatic nitrogens is 1. The van der Waals surface area contributed by atoms with Crippen LogP contribution in [0.25, 0.3) is 0 Å². The molecule has 4 nitrogen and oxygen atoms in total. The molecule has 0 aliphatic rings. The number of nitrogens with zero attached hydrogens (tertiary/aromatic N) is 1. The minimum atomic E-state index is -0.110. The number of hydrogen-bond donors (Lipinski definition) is 2. The highest BCUT2D eigenvalue weighted by Gasteiger charge is 2.11. The van der Waals surface area contributed by atoms with E-state index in [4.69, 9.17) is 5.73 Å². The minimum Gasteiger partial charge on any atom is -0.348 e. The summed E-state index contributed by atoms with van der Waals surface area (Å²) in [7, 11) is 0. The summed E-state index contributed by atoms with van der Waals surface area (Å²) >= 11 is 0. The molecule has 0 spiro atoms. The first-order valence-electron chi connectivity index (χ1n) is 5.05. The van der Waals surface area contributed by atoms with Crippen molar-refractivity contribution in [2.45, 2.75) is 32.4 Å². The van der Waals surface area contributed by atoms with E-state index in [1.165, 1.54) is 0 Å². The Bertz CT molecular complexity index is 311. The molecular formula is C11H17N3O. The molecule has 0 aromatic carbocycles. The van der Waals surface area contributed by atoms with Crippen molar-refractivity contribution in [3.05, 3.63) is 30.1 Å². The van der Waals surface area contributed by atoms with Crippen molar-refractivity contribution in [1.82, 2.24) is 10.3 Å². The highest BCUT2D eigenvalue weighted by molar-refractivity contribution is 5.76. The van der Waals surface area contributed by atoms with Gasteiger partial charge in [0.25, 0.3) is 0 Å². The Morgan fingerprint density at radius 1 is 1.53 bits per heavy atom. The summed E-state index contributed by atoms with van der Waals surface area (Å²) in [5.74, 6) is -0.0387. The predicted octanol–water partition coefficient (Wildman–Crippen LogP) is 0.996. The number of hydrogen-bond acceptors (Lipinski definition) is 3. The number of pyridine rings is 1. The van der Waals surface area contributed by atoms with Gasteiger partial charge in [-0.15, -0.1) is 0 Å². The van der Waals surface area contributed by atoms with Gasteiger partial charge in [-0.1, -0.05) is 6.07 Å². The molecular weight excluding hydrogens is 190 g/mol. The van der Waals surface area contributed by atoms with E-state index in [1.54, 1.807) is 6.20 Å². The van der Waals surface area contributed by atoms with E-state index in [0.717, 1.165) is 5.69 Å². The molecule has 2 atom stereocenters. The van der Waals surface area contributed by atoms with Gasteiger partial charge in [-0.25, -0.2) is 0 Å². The van der Waals surface area contributed by atoms with E-state index >= 15 is 0 Å². The number of nitrogens with two attached hydrogens (primary N) is 1. The molecule has 1 heterocycles. The topological polar surface area (TPSA) is 68.0 Å². The Morgan fingerprint density at radius 2 is 2.27 bits per heavy atom. The molecule has 0 saturated heterocycles. The third-order valence-corrected chi connectivity index (χ3v) is 2.02. The standard InChI is InChI=1S/C11H17N3O/c1-8(12)7-11(15)14-9(2)10-5-3-4-6-13-10/h3-6,8-9H,7,12H2,1-2H3,(H,14,15)/t8?,9-/m1/s1. The molecule has 4 heteroatoms. The van der Waals surface area contributed by atoms with Crippen LogP contribution in [0.1, 0.15) is 32.0 Å². The molecule has 82 valence electrons. The van der Waals surface area contributed by atoms with Gasteiger partial charge in [-0.3, -0.25) is 9.78 Å². The molecule has 3 N–H and O–H groups in total. The molecule has 0 saturated carbocycles. The smallest absolute Gasteiger partial charge is 0.222 e. The van der Waals surface area contributed by atoms with Gasteiger partial charge in [0.1, 0.15) is 0 Å². The maximum atomic E-state index is 11.4. The average molecular weight is 207 g/mol. The average Bonchev–Trinajstić information content (AvgIpc) is 2.17. The number of amides is 1. The lowest BCUT2D eigenvalue weighted by Gasteiger charge is -2.14. The lowest BCUT2D eigenvalue weighted by Crippen LogP contribution is -2.32. The van der Waals surface area contributed by atoms with Crippen molar-refractivity contribution in [2.24, 2.45) is 5.73 Å². The Balaban J connectivity index is 2.49. The number of nitrogens with one attached hydrogen (secondary N) is 1. The van der Waals surface area contributed by atoms with Crippen LogP contribution in [0.2, 0.25) is 0 Å². The quantitative estimate of drug-likeness (QED) is 0.773. The third-order valence-electron chi connectivity index (χ3n) is 2.02. The number of carbonyl (C=O) groups excluding carboxylic acids is 1. The van der Waals surface area contributed by atoms with E-state index in [2.05, 4.69) is 10.3 Å². The molecule has 0 bridgehead atoms. The zero-order valence-corrected chi connectivity index (χ0v) is 9.10. The van der Waals surface area contributed by atoms with E-state index in [-0.39, 0.29) is 18.0 Å². The first kappa shape index (κ1) is 11.7. The van der Waals surface area contributed by atoms with Crippen molar-refractivity contribution < 1.29 is 4.79 Å². The first-order valence-corrected chi connectivity index (χ1v) is 5.05. The largest absolute Gasteiger partial charge is 0.348 e. The molecule has 0 fully saturated rings. The Morgan fingerprint density at radius 3 is 2.80 bits per heavy atom. The van der Waals surface area contributed by atoms with Gasteiger partial charge in [0.2, 0.25) is 5.91 Å². The molecule has 1 rings (SSSR count). The molecule has 1 amide bonds. The molecule has 1 unspecified atom stereocenters. The summed E-state index contributed by atoms with van der Waals surface area (Å²) in [6, 6.07) is 5.45. The minimum absolute atomic E-state index is 0.0387. The van der Waals surface area contributed by atoms with Crippen LogP contribution in [0.5, 0.6) is 0 Å². The van der Waals surface area contributed by atoms with E-state index in [9.17, 15) is 4.79 Å². The fraction of sp³-hybridized carbons (Fsp3) is 0.455. The third kappa shape index (κ3) is 4.08. The Hall–Kier alpha value is -1.42. The van der Waals surface area contributed by atoms with E-state index < -0.39 is 0 Å². The van der Waals surface area contributed by atoms with Crippen LogP contribution in [-0.2, 0) is 4.79 Å². The van der Waals surface area contributed by atoms with Crippen LogP contribution in [0.3, 0.4) is 0 Å². The zero-order chi connectivity index (χ0) is 11.3. The maximum Gasteiger partial charge on any atom is 0.222 e. The monoisotopic (exact) mass is 207 g/mol. The van der Waals surface area contributed by atoms with E-state index in [0.29, 0.717) is 6.42 Å². The maximum absolute atomic E-state index is 11.4. The molecule has 15 heavy (non-hydrogen) atoms. The van der Waals surface area contributed by atoms with Crippen molar-refractivity contribution >= 4 is 5.91 Å². The highest BCUT2D eigenvalue weighted by Crippen LogP contribution is 2.07. The molecule has 1 aromatic heterocycles. The lowest BCUT2D eigenvalue weighted by atomic mass is 10.2. The summed E-state index contributed by atoms with van der Waals surface area (Å²) in [6.45, 7) is 3.71. The predicted molar refractivity (Wildman–Crippen MR) is 59.1 cm³/mol. The second-order valence-electron chi connectivity index (χ2n) is 3.73. The summed E-state index contributed by atoms with van der Waals surface area (Å²) in [4.78, 5) is 15.6. The summed E-state index contributed by atoms with van der Waals surface area (Å²) < 4.78 is 0. The van der Waals surface area contributed by atoms with Gasteiger partial charge in [-0.2, -0.15) is 0 Å². The number of carbonyl (C=O) groups is 1. The molecule has 0 radical (unpaired) electrons. The molecule has 0 aliphatic carbocycles. The zero-order valence-electron chi connectivity index (χ0n) is 9.10. The van der Waals surface area contributed by atoms with Crippen LogP contribution in [0.4, 0.5) is 0 Å². The Labute approximate surface area is 89.9 Å². The van der Waals surface area contributed by atoms with Crippen LogP contribution in [0.15, 0.2) is 24.4 Å².